The Kier molecular flexibility index (Phi) is 9.07. The lowest BCUT2D eigenvalue weighted by molar-refractivity contribution is -0.146. The first-order valence-electron chi connectivity index (χ1n) is 19.0. The van der Waals surface area contributed by atoms with Gasteiger partial charge in [0.05, 0.1) is 47.8 Å². The molecule has 3 aliphatic heterocycles. The largest absolute Gasteiger partial charge is 0.395 e. The molecule has 0 aliphatic carbocycles. The summed E-state index contributed by atoms with van der Waals surface area (Å²) in [5, 5.41) is 20.9. The molecular weight excluding hydrogens is 790 g/mol. The number of aliphatic hydroxyl groups is 1. The summed E-state index contributed by atoms with van der Waals surface area (Å²) >= 11 is 3.64. The van der Waals surface area contributed by atoms with Crippen molar-refractivity contribution in [3.05, 3.63) is 148 Å². The van der Waals surface area contributed by atoms with Crippen LogP contribution in [0.3, 0.4) is 0 Å². The Morgan fingerprint density at radius 2 is 1.71 bits per heavy atom. The molecule has 1 N–H and O–H groups in total. The van der Waals surface area contributed by atoms with Gasteiger partial charge in [-0.2, -0.15) is 0 Å². The summed E-state index contributed by atoms with van der Waals surface area (Å²) in [6.45, 7) is 5.88. The molecule has 0 bridgehead atoms. The van der Waals surface area contributed by atoms with Gasteiger partial charge in [-0.05, 0) is 78.5 Å². The van der Waals surface area contributed by atoms with Crippen molar-refractivity contribution in [2.24, 2.45) is 5.92 Å². The number of nitrogens with zero attached hydrogens (tertiary/aromatic N) is 5. The molecule has 3 aliphatic rings. The molecule has 6 aromatic rings. The van der Waals surface area contributed by atoms with Crippen LogP contribution in [0.25, 0.3) is 10.8 Å². The monoisotopic (exact) mass is 829 g/mol. The van der Waals surface area contributed by atoms with Crippen LogP contribution >= 0.6 is 15.9 Å². The zero-order chi connectivity index (χ0) is 38.9. The zero-order valence-electron chi connectivity index (χ0n) is 31.3. The van der Waals surface area contributed by atoms with E-state index >= 15 is 8.90 Å². The number of benzene rings is 5. The highest BCUT2D eigenvalue weighted by atomic mass is 79.9. The molecule has 1 spiro atoms. The van der Waals surface area contributed by atoms with Crippen molar-refractivity contribution < 1.29 is 23.5 Å². The number of aliphatic hydroxyl groups excluding tert-OH is 1. The molecule has 1 unspecified atom stereocenters. The van der Waals surface area contributed by atoms with Gasteiger partial charge in [0.15, 0.2) is 5.60 Å². The summed E-state index contributed by atoms with van der Waals surface area (Å²) in [6.07, 6.45) is 1.69. The number of aromatic nitrogens is 3. The molecule has 12 heteroatoms. The minimum Gasteiger partial charge on any atom is -0.395 e. The van der Waals surface area contributed by atoms with E-state index in [4.69, 9.17) is 4.74 Å². The lowest BCUT2D eigenvalue weighted by atomic mass is 9.82. The summed E-state index contributed by atoms with van der Waals surface area (Å²) in [5.74, 6) is -1.09. The van der Waals surface area contributed by atoms with Crippen LogP contribution < -0.4 is 9.80 Å². The van der Waals surface area contributed by atoms with E-state index in [1.54, 1.807) is 27.6 Å². The van der Waals surface area contributed by atoms with Crippen LogP contribution in [0.2, 0.25) is 18.6 Å². The van der Waals surface area contributed by atoms with Crippen molar-refractivity contribution >= 4 is 64.0 Å². The van der Waals surface area contributed by atoms with Crippen LogP contribution in [0.15, 0.2) is 120 Å². The van der Waals surface area contributed by atoms with E-state index in [-0.39, 0.29) is 30.9 Å². The van der Waals surface area contributed by atoms with Gasteiger partial charge in [-0.25, -0.2) is 0 Å². The van der Waals surface area contributed by atoms with E-state index in [1.807, 2.05) is 122 Å². The van der Waals surface area contributed by atoms with Crippen LogP contribution in [0.4, 0.5) is 21.2 Å². The second kappa shape index (κ2) is 13.9. The maximum absolute atomic E-state index is 16.6. The normalized spacial score (nSPS) is 22.1. The number of carbonyl (C=O) groups excluding carboxylic acids is 2. The average Bonchev–Trinajstić information content (AvgIpc) is 3.91. The minimum atomic E-state index is -3.40. The van der Waals surface area contributed by atoms with Crippen LogP contribution in [0.1, 0.15) is 52.0 Å². The standard InChI is InChI=1S/C44H41BrFN5O4Si/c1-27-41(56(2,3)46)39(20-21-49-25-36(47-48-49)34(26-52)29-11-5-4-6-12-29)55-44(27)35-23-31(45)18-19-37(35)50(43(44)54)24-28-10-7-15-32(22-28)51-38-17-9-14-30-13-8-16-33(40(30)38)42(51)53/h4-19,22-23,25,27,34,39,41,52H,20-21,24,26H2,1-3H3/t27-,34?,39+,41-,44+/m1/s1. The van der Waals surface area contributed by atoms with Crippen molar-refractivity contribution in [1.29, 1.82) is 0 Å². The highest BCUT2D eigenvalue weighted by molar-refractivity contribution is 9.10. The number of hydrogen-bond donors (Lipinski definition) is 1. The predicted octanol–water partition coefficient (Wildman–Crippen LogP) is 9.02. The van der Waals surface area contributed by atoms with Gasteiger partial charge in [0.1, 0.15) is 0 Å². The second-order valence-electron chi connectivity index (χ2n) is 15.7. The number of amides is 2. The molecule has 1 saturated heterocycles. The molecule has 0 saturated carbocycles. The molecule has 1 aromatic heterocycles. The summed E-state index contributed by atoms with van der Waals surface area (Å²) in [4.78, 5) is 32.4. The molecule has 9 nitrogen and oxygen atoms in total. The number of anilines is 3. The van der Waals surface area contributed by atoms with Gasteiger partial charge in [-0.1, -0.05) is 94.8 Å². The van der Waals surface area contributed by atoms with Crippen LogP contribution in [0, 0.1) is 5.92 Å². The Morgan fingerprint density at radius 3 is 2.48 bits per heavy atom. The maximum atomic E-state index is 16.6. The van der Waals surface area contributed by atoms with Crippen molar-refractivity contribution in [1.82, 2.24) is 15.0 Å². The van der Waals surface area contributed by atoms with Gasteiger partial charge >= 0.3 is 0 Å². The lowest BCUT2D eigenvalue weighted by Crippen LogP contribution is -2.45. The fourth-order valence-electron chi connectivity index (χ4n) is 9.49. The molecule has 5 aromatic carbocycles. The molecule has 56 heavy (non-hydrogen) atoms. The first-order chi connectivity index (χ1) is 27.0. The van der Waals surface area contributed by atoms with E-state index in [9.17, 15) is 9.90 Å². The Hall–Kier alpha value is -5.01. The van der Waals surface area contributed by atoms with Gasteiger partial charge in [0.2, 0.25) is 8.41 Å². The van der Waals surface area contributed by atoms with Gasteiger partial charge < -0.3 is 18.9 Å². The minimum absolute atomic E-state index is 0.0878. The zero-order valence-corrected chi connectivity index (χ0v) is 33.9. The maximum Gasteiger partial charge on any atom is 0.264 e. The third-order valence-electron chi connectivity index (χ3n) is 11.9. The van der Waals surface area contributed by atoms with E-state index < -0.39 is 31.6 Å². The van der Waals surface area contributed by atoms with Crippen molar-refractivity contribution in [2.45, 2.75) is 62.7 Å². The fraction of sp³-hybridized carbons (Fsp3) is 0.273. The average molecular weight is 831 g/mol. The van der Waals surface area contributed by atoms with Gasteiger partial charge in [-0.15, -0.1) is 5.10 Å². The Bertz CT molecular complexity index is 2500. The number of aryl methyl sites for hydroxylation is 1. The quantitative estimate of drug-likeness (QED) is 0.109. The van der Waals surface area contributed by atoms with Crippen molar-refractivity contribution in [3.8, 4) is 0 Å². The molecule has 5 atom stereocenters. The van der Waals surface area contributed by atoms with E-state index in [2.05, 4.69) is 26.2 Å². The summed E-state index contributed by atoms with van der Waals surface area (Å²) in [5.41, 5.74) is 4.22. The Labute approximate surface area is 334 Å². The van der Waals surface area contributed by atoms with Crippen molar-refractivity contribution in [2.75, 3.05) is 16.4 Å². The molecule has 1 fully saturated rings. The number of fused-ring (bicyclic) bond motifs is 2. The second-order valence-corrected chi connectivity index (χ2v) is 20.4. The number of halogens is 2. The van der Waals surface area contributed by atoms with Crippen LogP contribution in [-0.2, 0) is 28.2 Å². The van der Waals surface area contributed by atoms with Gasteiger partial charge in [-0.3, -0.25) is 19.2 Å². The van der Waals surface area contributed by atoms with E-state index in [0.29, 0.717) is 24.2 Å². The first-order valence-corrected chi connectivity index (χ1v) is 22.7. The topological polar surface area (TPSA) is 101 Å². The molecular formula is C44H41BrFN5O4Si. The SMILES string of the molecule is C[C@@H]1[C@@H]([Si](C)(C)F)[C@H](CCn2cc(C(CO)c3ccccc3)nn2)O[C@@]12C(=O)N(Cc1cccc(N3C(=O)c4cccc5cccc3c45)c1)c1ccc(Br)cc12. The van der Waals surface area contributed by atoms with Gasteiger partial charge in [0.25, 0.3) is 11.8 Å². The first kappa shape index (κ1) is 36.6. The Balaban J connectivity index is 1.01. The van der Waals surface area contributed by atoms with Gasteiger partial charge in [0, 0.05) is 45.3 Å². The smallest absolute Gasteiger partial charge is 0.264 e. The fourth-order valence-corrected chi connectivity index (χ4v) is 12.4. The Morgan fingerprint density at radius 1 is 0.946 bits per heavy atom. The highest BCUT2D eigenvalue weighted by Crippen LogP contribution is 2.60. The van der Waals surface area contributed by atoms with E-state index in [1.165, 1.54) is 0 Å². The molecule has 2 amide bonds. The molecule has 284 valence electrons. The third kappa shape index (κ3) is 5.84. The summed E-state index contributed by atoms with van der Waals surface area (Å²) < 4.78 is 26.1. The predicted molar refractivity (Wildman–Crippen MR) is 220 cm³/mol. The number of hydrogen-bond acceptors (Lipinski definition) is 6. The van der Waals surface area contributed by atoms with Crippen LogP contribution in [0.5, 0.6) is 0 Å². The molecule has 0 radical (unpaired) electrons. The summed E-state index contributed by atoms with van der Waals surface area (Å²) in [7, 11) is -3.40. The third-order valence-corrected chi connectivity index (χ3v) is 14.9. The number of carbonyl (C=O) groups is 2. The highest BCUT2D eigenvalue weighted by Gasteiger charge is 2.66. The van der Waals surface area contributed by atoms with Crippen molar-refractivity contribution in [3.63, 3.8) is 0 Å². The van der Waals surface area contributed by atoms with Crippen LogP contribution in [-0.4, -0.2) is 53.0 Å². The molecule has 4 heterocycles. The molecule has 9 rings (SSSR count). The lowest BCUT2D eigenvalue weighted by Gasteiger charge is -2.31. The summed E-state index contributed by atoms with van der Waals surface area (Å²) in [6, 6.07) is 34.9. The van der Waals surface area contributed by atoms with E-state index in [0.717, 1.165) is 49.0 Å². The number of ether oxygens (including phenoxy) is 1. The number of rotatable bonds is 10.